The Morgan fingerprint density at radius 3 is 2.77 bits per heavy atom. The first kappa shape index (κ1) is 18.3. The van der Waals surface area contributed by atoms with Gasteiger partial charge in [-0.05, 0) is 13.8 Å². The molecule has 1 saturated heterocycles. The fourth-order valence-corrected chi connectivity index (χ4v) is 3.57. The largest absolute Gasteiger partial charge is 0.384 e. The van der Waals surface area contributed by atoms with E-state index in [2.05, 4.69) is 25.3 Å². The molecule has 2 atom stereocenters. The van der Waals surface area contributed by atoms with Gasteiger partial charge in [0, 0.05) is 63.4 Å². The summed E-state index contributed by atoms with van der Waals surface area (Å²) in [4.78, 5) is 23.4. The number of methoxy groups -OCH3 is 1. The van der Waals surface area contributed by atoms with Crippen molar-refractivity contribution in [2.45, 2.75) is 20.4 Å². The maximum atomic E-state index is 12.9. The molecular weight excluding hydrogens is 332 g/mol. The Morgan fingerprint density at radius 2 is 2.15 bits per heavy atom. The lowest BCUT2D eigenvalue weighted by Crippen LogP contribution is -2.36. The maximum Gasteiger partial charge on any atom is 0.225 e. The Kier molecular flexibility index (Phi) is 5.51. The molecule has 1 fully saturated rings. The Morgan fingerprint density at radius 1 is 1.35 bits per heavy atom. The van der Waals surface area contributed by atoms with Crippen molar-refractivity contribution in [2.75, 3.05) is 31.7 Å². The number of amides is 1. The van der Waals surface area contributed by atoms with E-state index in [1.54, 1.807) is 25.7 Å². The Labute approximate surface area is 153 Å². The van der Waals surface area contributed by atoms with Gasteiger partial charge in [0.15, 0.2) is 0 Å². The average Bonchev–Trinajstić information content (AvgIpc) is 3.16. The van der Waals surface area contributed by atoms with Gasteiger partial charge in [-0.1, -0.05) is 0 Å². The minimum Gasteiger partial charge on any atom is -0.384 e. The molecule has 2 aromatic rings. The van der Waals surface area contributed by atoms with Gasteiger partial charge in [0.2, 0.25) is 5.91 Å². The Balaban J connectivity index is 1.68. The Hall–Kier alpha value is -2.48. The van der Waals surface area contributed by atoms with Gasteiger partial charge in [-0.15, -0.1) is 0 Å². The first-order valence-corrected chi connectivity index (χ1v) is 8.78. The van der Waals surface area contributed by atoms with Crippen molar-refractivity contribution in [2.24, 2.45) is 18.9 Å². The molecule has 0 aromatic carbocycles. The summed E-state index contributed by atoms with van der Waals surface area (Å²) in [5, 5.41) is 7.49. The molecule has 1 aliphatic rings. The number of hydrogen-bond acceptors (Lipinski definition) is 6. The lowest BCUT2D eigenvalue weighted by Gasteiger charge is -2.17. The van der Waals surface area contributed by atoms with Crippen molar-refractivity contribution in [1.29, 1.82) is 0 Å². The summed E-state index contributed by atoms with van der Waals surface area (Å²) in [6.45, 7) is 6.36. The SMILES string of the molecule is COCC1CN(c2cnccn2)CC1C(=O)NCc1c(C)nn(C)c1C. The molecule has 0 bridgehead atoms. The first-order valence-electron chi connectivity index (χ1n) is 8.78. The van der Waals surface area contributed by atoms with Gasteiger partial charge in [0.1, 0.15) is 5.82 Å². The molecule has 26 heavy (non-hydrogen) atoms. The summed E-state index contributed by atoms with van der Waals surface area (Å²) in [5.41, 5.74) is 3.10. The van der Waals surface area contributed by atoms with Gasteiger partial charge in [0.25, 0.3) is 0 Å². The van der Waals surface area contributed by atoms with Crippen LogP contribution in [0.4, 0.5) is 5.82 Å². The molecule has 1 N–H and O–H groups in total. The third-order valence-electron chi connectivity index (χ3n) is 5.13. The normalized spacial score (nSPS) is 19.8. The van der Waals surface area contributed by atoms with E-state index in [-0.39, 0.29) is 17.7 Å². The maximum absolute atomic E-state index is 12.9. The van der Waals surface area contributed by atoms with Crippen LogP contribution >= 0.6 is 0 Å². The smallest absolute Gasteiger partial charge is 0.225 e. The van der Waals surface area contributed by atoms with Crippen LogP contribution in [0.1, 0.15) is 17.0 Å². The summed E-state index contributed by atoms with van der Waals surface area (Å²) < 4.78 is 7.18. The van der Waals surface area contributed by atoms with E-state index in [4.69, 9.17) is 4.74 Å². The quantitative estimate of drug-likeness (QED) is 0.824. The number of anilines is 1. The lowest BCUT2D eigenvalue weighted by molar-refractivity contribution is -0.126. The van der Waals surface area contributed by atoms with Crippen molar-refractivity contribution in [3.63, 3.8) is 0 Å². The molecule has 8 nitrogen and oxygen atoms in total. The molecule has 140 valence electrons. The van der Waals surface area contributed by atoms with E-state index in [0.29, 0.717) is 19.7 Å². The first-order chi connectivity index (χ1) is 12.5. The van der Waals surface area contributed by atoms with Crippen LogP contribution in [0.25, 0.3) is 0 Å². The summed E-state index contributed by atoms with van der Waals surface area (Å²) >= 11 is 0. The third kappa shape index (κ3) is 3.70. The van der Waals surface area contributed by atoms with Crippen LogP contribution in [0.3, 0.4) is 0 Å². The van der Waals surface area contributed by atoms with Crippen molar-refractivity contribution < 1.29 is 9.53 Å². The van der Waals surface area contributed by atoms with Gasteiger partial charge in [-0.25, -0.2) is 4.98 Å². The van der Waals surface area contributed by atoms with Gasteiger partial charge < -0.3 is 15.0 Å². The van der Waals surface area contributed by atoms with Crippen molar-refractivity contribution in [3.05, 3.63) is 35.5 Å². The molecule has 0 spiro atoms. The van der Waals surface area contributed by atoms with E-state index < -0.39 is 0 Å². The average molecular weight is 358 g/mol. The number of aryl methyl sites for hydroxylation is 2. The Bertz CT molecular complexity index is 761. The lowest BCUT2D eigenvalue weighted by atomic mass is 9.96. The highest BCUT2D eigenvalue weighted by molar-refractivity contribution is 5.80. The van der Waals surface area contributed by atoms with Gasteiger partial charge in [0.05, 0.1) is 24.4 Å². The van der Waals surface area contributed by atoms with Crippen molar-refractivity contribution in [3.8, 4) is 0 Å². The second kappa shape index (κ2) is 7.82. The van der Waals surface area contributed by atoms with Crippen molar-refractivity contribution in [1.82, 2.24) is 25.1 Å². The zero-order valence-electron chi connectivity index (χ0n) is 15.8. The summed E-state index contributed by atoms with van der Waals surface area (Å²) in [7, 11) is 3.58. The highest BCUT2D eigenvalue weighted by atomic mass is 16.5. The number of nitrogens with one attached hydrogen (secondary N) is 1. The molecule has 0 aliphatic carbocycles. The summed E-state index contributed by atoms with van der Waals surface area (Å²) in [6.07, 6.45) is 5.05. The summed E-state index contributed by atoms with van der Waals surface area (Å²) in [6, 6.07) is 0. The fraction of sp³-hybridized carbons (Fsp3) is 0.556. The molecule has 0 saturated carbocycles. The van der Waals surface area contributed by atoms with Crippen LogP contribution in [-0.4, -0.2) is 52.5 Å². The van der Waals surface area contributed by atoms with E-state index in [1.807, 2.05) is 25.6 Å². The van der Waals surface area contributed by atoms with Gasteiger partial charge >= 0.3 is 0 Å². The van der Waals surface area contributed by atoms with Crippen LogP contribution in [0, 0.1) is 25.7 Å². The second-order valence-corrected chi connectivity index (χ2v) is 6.78. The molecule has 2 aromatic heterocycles. The van der Waals surface area contributed by atoms with E-state index in [1.165, 1.54) is 0 Å². The number of carbonyl (C=O) groups is 1. The van der Waals surface area contributed by atoms with E-state index >= 15 is 0 Å². The number of rotatable bonds is 6. The highest BCUT2D eigenvalue weighted by Crippen LogP contribution is 2.27. The van der Waals surface area contributed by atoms with E-state index in [9.17, 15) is 4.79 Å². The van der Waals surface area contributed by atoms with Crippen LogP contribution in [-0.2, 0) is 23.1 Å². The molecule has 3 rings (SSSR count). The van der Waals surface area contributed by atoms with Crippen LogP contribution in [0.2, 0.25) is 0 Å². The minimum absolute atomic E-state index is 0.0427. The van der Waals surface area contributed by atoms with Crippen LogP contribution < -0.4 is 10.2 Å². The van der Waals surface area contributed by atoms with Gasteiger partial charge in [-0.2, -0.15) is 5.10 Å². The number of aromatic nitrogens is 4. The molecule has 1 aliphatic heterocycles. The van der Waals surface area contributed by atoms with E-state index in [0.717, 1.165) is 29.3 Å². The fourth-order valence-electron chi connectivity index (χ4n) is 3.57. The number of ether oxygens (including phenoxy) is 1. The molecule has 0 radical (unpaired) electrons. The zero-order chi connectivity index (χ0) is 18.7. The van der Waals surface area contributed by atoms with Crippen molar-refractivity contribution >= 4 is 11.7 Å². The molecule has 2 unspecified atom stereocenters. The number of nitrogens with zero attached hydrogens (tertiary/aromatic N) is 5. The molecule has 1 amide bonds. The second-order valence-electron chi connectivity index (χ2n) is 6.78. The molecule has 8 heteroatoms. The molecular formula is C18H26N6O2. The highest BCUT2D eigenvalue weighted by Gasteiger charge is 2.38. The molecule has 3 heterocycles. The zero-order valence-corrected chi connectivity index (χ0v) is 15.8. The van der Waals surface area contributed by atoms with Crippen LogP contribution in [0.15, 0.2) is 18.6 Å². The van der Waals surface area contributed by atoms with Gasteiger partial charge in [-0.3, -0.25) is 14.5 Å². The minimum atomic E-state index is -0.144. The predicted octanol–water partition coefficient (Wildman–Crippen LogP) is 0.842. The topological polar surface area (TPSA) is 85.2 Å². The third-order valence-corrected chi connectivity index (χ3v) is 5.13. The standard InChI is InChI=1S/C18H26N6O2/c1-12-15(13(2)23(3)22-12)7-21-18(25)16-10-24(9-14(16)11-26-4)17-8-19-5-6-20-17/h5-6,8,14,16H,7,9-11H2,1-4H3,(H,21,25). The monoisotopic (exact) mass is 358 g/mol. The number of hydrogen-bond donors (Lipinski definition) is 1. The predicted molar refractivity (Wildman–Crippen MR) is 97.6 cm³/mol. The van der Waals surface area contributed by atoms with Crippen LogP contribution in [0.5, 0.6) is 0 Å². The number of carbonyl (C=O) groups excluding carboxylic acids is 1. The summed E-state index contributed by atoms with van der Waals surface area (Å²) in [5.74, 6) is 0.816.